The van der Waals surface area contributed by atoms with Gasteiger partial charge in [-0.05, 0) is 29.9 Å². The number of halogens is 1. The molecular formula is C21H18FN5OS2. The summed E-state index contributed by atoms with van der Waals surface area (Å²) in [5.41, 5.74) is 3.42. The van der Waals surface area contributed by atoms with Crippen LogP contribution in [0.3, 0.4) is 0 Å². The van der Waals surface area contributed by atoms with Gasteiger partial charge < -0.3 is 9.97 Å². The van der Waals surface area contributed by atoms with Crippen LogP contribution in [-0.2, 0) is 19.5 Å². The third-order valence-corrected chi connectivity index (χ3v) is 6.32. The van der Waals surface area contributed by atoms with Gasteiger partial charge in [0.15, 0.2) is 9.90 Å². The summed E-state index contributed by atoms with van der Waals surface area (Å²) in [6.45, 7) is 2.60. The highest BCUT2D eigenvalue weighted by molar-refractivity contribution is 7.71. The first-order valence-corrected chi connectivity index (χ1v) is 10.8. The van der Waals surface area contributed by atoms with Crippen molar-refractivity contribution in [1.29, 1.82) is 0 Å². The maximum absolute atomic E-state index is 13.9. The summed E-state index contributed by atoms with van der Waals surface area (Å²) >= 11 is 6.54. The fraction of sp³-hybridized carbons (Fsp3) is 0.190. The molecule has 3 N–H and O–H groups in total. The predicted octanol–water partition coefficient (Wildman–Crippen LogP) is 4.63. The van der Waals surface area contributed by atoms with Gasteiger partial charge >= 0.3 is 0 Å². The van der Waals surface area contributed by atoms with E-state index in [0.717, 1.165) is 36.6 Å². The normalized spacial score (nSPS) is 14.0. The lowest BCUT2D eigenvalue weighted by Crippen LogP contribution is -2.29. The number of anilines is 1. The Hall–Kier alpha value is -2.88. The van der Waals surface area contributed by atoms with Crippen molar-refractivity contribution in [2.75, 3.05) is 11.9 Å². The molecule has 152 valence electrons. The van der Waals surface area contributed by atoms with Gasteiger partial charge in [0.1, 0.15) is 5.82 Å². The van der Waals surface area contributed by atoms with Crippen molar-refractivity contribution < 1.29 is 9.18 Å². The van der Waals surface area contributed by atoms with E-state index in [9.17, 15) is 9.18 Å². The van der Waals surface area contributed by atoms with Gasteiger partial charge in [-0.3, -0.25) is 15.0 Å². The number of rotatable bonds is 4. The van der Waals surface area contributed by atoms with Gasteiger partial charge in [0.05, 0.1) is 22.3 Å². The number of imidazole rings is 1. The smallest absolute Gasteiger partial charge is 0.259 e. The van der Waals surface area contributed by atoms with Crippen molar-refractivity contribution >= 4 is 45.6 Å². The quantitative estimate of drug-likeness (QED) is 0.405. The standard InChI is InChI=1S/C21H18FN5OS2/c22-13-8-14(18-16(9-13)23-20(29)25-18)19(28)26-21-24-15-6-7-27(11-17(15)30-21)10-12-4-2-1-3-5-12/h1-5,8-9H,6-7,10-11H2,(H2,23,25,29)(H,24,26,28). The fourth-order valence-electron chi connectivity index (χ4n) is 3.73. The van der Waals surface area contributed by atoms with Gasteiger partial charge in [0.25, 0.3) is 5.91 Å². The number of thiazole rings is 1. The number of hydrogen-bond acceptors (Lipinski definition) is 5. The summed E-state index contributed by atoms with van der Waals surface area (Å²) < 4.78 is 14.3. The number of amides is 1. The molecule has 3 heterocycles. The molecule has 1 aliphatic heterocycles. The highest BCUT2D eigenvalue weighted by atomic mass is 32.1. The number of fused-ring (bicyclic) bond motifs is 2. The highest BCUT2D eigenvalue weighted by Crippen LogP contribution is 2.30. The summed E-state index contributed by atoms with van der Waals surface area (Å²) in [6.07, 6.45) is 0.837. The van der Waals surface area contributed by atoms with Crippen LogP contribution < -0.4 is 5.32 Å². The molecule has 0 fully saturated rings. The van der Waals surface area contributed by atoms with Gasteiger partial charge in [-0.15, -0.1) is 11.3 Å². The van der Waals surface area contributed by atoms with E-state index >= 15 is 0 Å². The van der Waals surface area contributed by atoms with Crippen molar-refractivity contribution in [1.82, 2.24) is 19.9 Å². The monoisotopic (exact) mass is 439 g/mol. The van der Waals surface area contributed by atoms with E-state index in [0.29, 0.717) is 20.9 Å². The minimum Gasteiger partial charge on any atom is -0.331 e. The predicted molar refractivity (Wildman–Crippen MR) is 118 cm³/mol. The molecule has 0 spiro atoms. The molecule has 2 aromatic carbocycles. The van der Waals surface area contributed by atoms with E-state index in [-0.39, 0.29) is 5.56 Å². The Morgan fingerprint density at radius 3 is 2.93 bits per heavy atom. The van der Waals surface area contributed by atoms with Crippen LogP contribution in [0.1, 0.15) is 26.5 Å². The first kappa shape index (κ1) is 19.1. The largest absolute Gasteiger partial charge is 0.331 e. The minimum absolute atomic E-state index is 0.191. The molecule has 2 aromatic heterocycles. The molecule has 0 saturated heterocycles. The second kappa shape index (κ2) is 7.75. The average molecular weight is 440 g/mol. The van der Waals surface area contributed by atoms with Crippen LogP contribution in [0.5, 0.6) is 0 Å². The van der Waals surface area contributed by atoms with E-state index in [1.165, 1.54) is 29.0 Å². The van der Waals surface area contributed by atoms with Crippen molar-refractivity contribution in [2.45, 2.75) is 19.5 Å². The molecule has 1 aliphatic rings. The molecule has 9 heteroatoms. The van der Waals surface area contributed by atoms with Crippen LogP contribution >= 0.6 is 23.6 Å². The second-order valence-corrected chi connectivity index (χ2v) is 8.74. The van der Waals surface area contributed by atoms with Crippen LogP contribution in [0.4, 0.5) is 9.52 Å². The molecule has 0 saturated carbocycles. The third kappa shape index (κ3) is 3.79. The van der Waals surface area contributed by atoms with Gasteiger partial charge in [-0.1, -0.05) is 30.3 Å². The molecule has 6 nitrogen and oxygen atoms in total. The summed E-state index contributed by atoms with van der Waals surface area (Å²) in [5.74, 6) is -0.926. The Morgan fingerprint density at radius 2 is 2.10 bits per heavy atom. The molecule has 30 heavy (non-hydrogen) atoms. The van der Waals surface area contributed by atoms with Gasteiger partial charge in [0.2, 0.25) is 0 Å². The number of H-pyrrole nitrogens is 2. The lowest BCUT2D eigenvalue weighted by Gasteiger charge is -2.25. The first-order valence-electron chi connectivity index (χ1n) is 9.53. The Bertz CT molecular complexity index is 1290. The second-order valence-electron chi connectivity index (χ2n) is 7.24. The molecule has 0 unspecified atom stereocenters. The molecular weight excluding hydrogens is 421 g/mol. The van der Waals surface area contributed by atoms with Gasteiger partial charge in [0, 0.05) is 30.9 Å². The SMILES string of the molecule is O=C(Nc1nc2c(s1)CN(Cc1ccccc1)CC2)c1cc(F)cc2[nH]c(=S)[nH]c12. The van der Waals surface area contributed by atoms with Gasteiger partial charge in [-0.25, -0.2) is 9.37 Å². The summed E-state index contributed by atoms with van der Waals surface area (Å²) in [4.78, 5) is 26.7. The lowest BCUT2D eigenvalue weighted by atomic mass is 10.1. The number of aromatic amines is 2. The zero-order valence-electron chi connectivity index (χ0n) is 15.9. The number of aromatic nitrogens is 3. The van der Waals surface area contributed by atoms with Crippen molar-refractivity contribution in [3.8, 4) is 0 Å². The highest BCUT2D eigenvalue weighted by Gasteiger charge is 2.22. The number of carbonyl (C=O) groups is 1. The molecule has 0 bridgehead atoms. The molecule has 4 aromatic rings. The van der Waals surface area contributed by atoms with E-state index in [1.54, 1.807) is 0 Å². The topological polar surface area (TPSA) is 76.8 Å². The number of hydrogen-bond donors (Lipinski definition) is 3. The molecule has 5 rings (SSSR count). The van der Waals surface area contributed by atoms with Gasteiger partial charge in [-0.2, -0.15) is 0 Å². The zero-order valence-corrected chi connectivity index (χ0v) is 17.5. The van der Waals surface area contributed by atoms with Crippen LogP contribution in [-0.4, -0.2) is 32.3 Å². The third-order valence-electron chi connectivity index (χ3n) is 5.11. The zero-order chi connectivity index (χ0) is 20.7. The van der Waals surface area contributed by atoms with Crippen molar-refractivity contribution in [3.05, 3.63) is 74.8 Å². The summed E-state index contributed by atoms with van der Waals surface area (Å²) in [7, 11) is 0. The maximum atomic E-state index is 13.9. The van der Waals surface area contributed by atoms with Crippen LogP contribution in [0, 0.1) is 10.6 Å². The summed E-state index contributed by atoms with van der Waals surface area (Å²) in [5, 5.41) is 3.35. The molecule has 1 amide bonds. The first-order chi connectivity index (χ1) is 14.5. The fourth-order valence-corrected chi connectivity index (χ4v) is 4.99. The van der Waals surface area contributed by atoms with E-state index in [2.05, 4.69) is 37.3 Å². The number of carbonyl (C=O) groups excluding carboxylic acids is 1. The molecule has 0 radical (unpaired) electrons. The average Bonchev–Trinajstić information content (AvgIpc) is 3.29. The minimum atomic E-state index is -0.507. The molecule has 0 atom stereocenters. The Morgan fingerprint density at radius 1 is 1.27 bits per heavy atom. The number of nitrogens with zero attached hydrogens (tertiary/aromatic N) is 2. The molecule has 0 aliphatic carbocycles. The Balaban J connectivity index is 1.34. The summed E-state index contributed by atoms with van der Waals surface area (Å²) in [6, 6.07) is 12.9. The lowest BCUT2D eigenvalue weighted by molar-refractivity contribution is 0.102. The maximum Gasteiger partial charge on any atom is 0.259 e. The van der Waals surface area contributed by atoms with Crippen molar-refractivity contribution in [3.63, 3.8) is 0 Å². The van der Waals surface area contributed by atoms with E-state index < -0.39 is 11.7 Å². The number of nitrogens with one attached hydrogen (secondary N) is 3. The van der Waals surface area contributed by atoms with E-state index in [4.69, 9.17) is 12.2 Å². The Kier molecular flexibility index (Phi) is 4.93. The van der Waals surface area contributed by atoms with E-state index in [1.807, 2.05) is 18.2 Å². The van der Waals surface area contributed by atoms with Crippen LogP contribution in [0.25, 0.3) is 11.0 Å². The van der Waals surface area contributed by atoms with Crippen molar-refractivity contribution in [2.24, 2.45) is 0 Å². The van der Waals surface area contributed by atoms with Crippen LogP contribution in [0.15, 0.2) is 42.5 Å². The number of benzene rings is 2. The van der Waals surface area contributed by atoms with Crippen LogP contribution in [0.2, 0.25) is 0 Å². The Labute approximate surface area is 180 Å².